The van der Waals surface area contributed by atoms with Gasteiger partial charge in [-0.2, -0.15) is 0 Å². The highest BCUT2D eigenvalue weighted by Crippen LogP contribution is 2.43. The molecule has 3 aliphatic rings. The molecule has 6 heteroatoms. The maximum Gasteiger partial charge on any atom is 0.255 e. The summed E-state index contributed by atoms with van der Waals surface area (Å²) < 4.78 is 6.25. The first kappa shape index (κ1) is 18.0. The van der Waals surface area contributed by atoms with Gasteiger partial charge in [0.25, 0.3) is 5.91 Å². The number of carbonyl (C=O) groups is 3. The third kappa shape index (κ3) is 3.33. The van der Waals surface area contributed by atoms with E-state index in [0.29, 0.717) is 29.9 Å². The van der Waals surface area contributed by atoms with E-state index in [-0.39, 0.29) is 30.2 Å². The van der Waals surface area contributed by atoms with Crippen LogP contribution in [0.3, 0.4) is 0 Å². The number of amides is 3. The molecule has 3 atom stereocenters. The van der Waals surface area contributed by atoms with E-state index < -0.39 is 6.04 Å². The van der Waals surface area contributed by atoms with Gasteiger partial charge in [0.05, 0.1) is 0 Å². The third-order valence-corrected chi connectivity index (χ3v) is 6.05. The number of hydrogen-bond acceptors (Lipinski definition) is 4. The topological polar surface area (TPSA) is 75.7 Å². The molecule has 27 heavy (non-hydrogen) atoms. The monoisotopic (exact) mass is 370 g/mol. The Morgan fingerprint density at radius 1 is 1.19 bits per heavy atom. The van der Waals surface area contributed by atoms with Gasteiger partial charge in [-0.3, -0.25) is 19.7 Å². The quantitative estimate of drug-likeness (QED) is 0.830. The SMILES string of the molecule is C[C@@H]1CC(C)(C)C[C@H]1Oc1ccc2c(c1)CN(C1CCC(=O)NC1=O)C2=O. The molecule has 144 valence electrons. The zero-order valence-corrected chi connectivity index (χ0v) is 16.1. The lowest BCUT2D eigenvalue weighted by Crippen LogP contribution is -2.52. The molecular formula is C21H26N2O4. The smallest absolute Gasteiger partial charge is 0.255 e. The van der Waals surface area contributed by atoms with Gasteiger partial charge < -0.3 is 9.64 Å². The summed E-state index contributed by atoms with van der Waals surface area (Å²) >= 11 is 0. The van der Waals surface area contributed by atoms with Crippen molar-refractivity contribution in [3.63, 3.8) is 0 Å². The molecule has 1 aliphatic carbocycles. The van der Waals surface area contributed by atoms with Gasteiger partial charge in [0, 0.05) is 18.5 Å². The maximum absolute atomic E-state index is 12.7. The van der Waals surface area contributed by atoms with Gasteiger partial charge in [0.2, 0.25) is 11.8 Å². The second kappa shape index (κ2) is 6.36. The van der Waals surface area contributed by atoms with E-state index in [1.54, 1.807) is 11.0 Å². The molecule has 1 saturated carbocycles. The van der Waals surface area contributed by atoms with E-state index in [2.05, 4.69) is 26.1 Å². The minimum absolute atomic E-state index is 0.151. The largest absolute Gasteiger partial charge is 0.490 e. The fourth-order valence-electron chi connectivity index (χ4n) is 4.79. The first-order valence-electron chi connectivity index (χ1n) is 9.68. The molecule has 3 amide bonds. The molecule has 6 nitrogen and oxygen atoms in total. The Hall–Kier alpha value is -2.37. The molecule has 2 heterocycles. The fraction of sp³-hybridized carbons (Fsp3) is 0.571. The number of piperidine rings is 1. The number of hydrogen-bond donors (Lipinski definition) is 1. The third-order valence-electron chi connectivity index (χ3n) is 6.05. The fourth-order valence-corrected chi connectivity index (χ4v) is 4.79. The van der Waals surface area contributed by atoms with Gasteiger partial charge >= 0.3 is 0 Å². The summed E-state index contributed by atoms with van der Waals surface area (Å²) in [7, 11) is 0. The van der Waals surface area contributed by atoms with Crippen molar-refractivity contribution in [3.8, 4) is 5.75 Å². The Morgan fingerprint density at radius 2 is 1.96 bits per heavy atom. The van der Waals surface area contributed by atoms with Crippen molar-refractivity contribution in [2.24, 2.45) is 11.3 Å². The predicted octanol–water partition coefficient (Wildman–Crippen LogP) is 2.65. The number of carbonyl (C=O) groups excluding carboxylic acids is 3. The van der Waals surface area contributed by atoms with Gasteiger partial charge in [-0.05, 0) is 54.4 Å². The Kier molecular flexibility index (Phi) is 4.24. The number of nitrogens with one attached hydrogen (secondary N) is 1. The number of fused-ring (bicyclic) bond motifs is 1. The van der Waals surface area contributed by atoms with Crippen molar-refractivity contribution < 1.29 is 19.1 Å². The van der Waals surface area contributed by atoms with Crippen LogP contribution in [0.15, 0.2) is 18.2 Å². The first-order valence-corrected chi connectivity index (χ1v) is 9.68. The van der Waals surface area contributed by atoms with E-state index >= 15 is 0 Å². The molecule has 0 radical (unpaired) electrons. The minimum atomic E-state index is -0.581. The van der Waals surface area contributed by atoms with Crippen LogP contribution in [-0.2, 0) is 16.1 Å². The average Bonchev–Trinajstić information content (AvgIpc) is 3.03. The summed E-state index contributed by atoms with van der Waals surface area (Å²) in [6, 6.07) is 4.99. The van der Waals surface area contributed by atoms with Crippen molar-refractivity contribution in [3.05, 3.63) is 29.3 Å². The Labute approximate surface area is 159 Å². The van der Waals surface area contributed by atoms with Gasteiger partial charge in [-0.15, -0.1) is 0 Å². The van der Waals surface area contributed by atoms with Crippen molar-refractivity contribution in [1.82, 2.24) is 10.2 Å². The van der Waals surface area contributed by atoms with Crippen LogP contribution in [0.2, 0.25) is 0 Å². The molecule has 2 fully saturated rings. The van der Waals surface area contributed by atoms with Gasteiger partial charge in [0.1, 0.15) is 17.9 Å². The second-order valence-corrected chi connectivity index (χ2v) is 8.92. The van der Waals surface area contributed by atoms with Crippen molar-refractivity contribution in [2.45, 2.75) is 65.1 Å². The standard InChI is InChI=1S/C21H26N2O4/c1-12-9-21(2,3)10-17(12)27-14-4-5-15-13(8-14)11-23(20(15)26)16-6-7-18(24)22-19(16)25/h4-5,8,12,16-17H,6-7,9-11H2,1-3H3,(H,22,24,25)/t12-,16?,17-/m1/s1. The number of imide groups is 1. The van der Waals surface area contributed by atoms with Crippen LogP contribution < -0.4 is 10.1 Å². The van der Waals surface area contributed by atoms with Gasteiger partial charge in [-0.1, -0.05) is 20.8 Å². The molecule has 1 unspecified atom stereocenters. The van der Waals surface area contributed by atoms with Crippen LogP contribution in [0.1, 0.15) is 62.4 Å². The Morgan fingerprint density at radius 3 is 2.63 bits per heavy atom. The number of benzene rings is 1. The lowest BCUT2D eigenvalue weighted by molar-refractivity contribution is -0.136. The number of ether oxygens (including phenoxy) is 1. The van der Waals surface area contributed by atoms with Gasteiger partial charge in [0.15, 0.2) is 0 Å². The van der Waals surface area contributed by atoms with Crippen LogP contribution >= 0.6 is 0 Å². The van der Waals surface area contributed by atoms with E-state index in [1.165, 1.54) is 0 Å². The molecule has 0 bridgehead atoms. The van der Waals surface area contributed by atoms with Crippen LogP contribution in [0.5, 0.6) is 5.75 Å². The molecule has 2 aliphatic heterocycles. The molecule has 1 aromatic carbocycles. The molecule has 1 aromatic rings. The Bertz CT molecular complexity index is 816. The summed E-state index contributed by atoms with van der Waals surface area (Å²) in [6.45, 7) is 7.14. The highest BCUT2D eigenvalue weighted by molar-refractivity contribution is 6.05. The highest BCUT2D eigenvalue weighted by atomic mass is 16.5. The number of rotatable bonds is 3. The second-order valence-electron chi connectivity index (χ2n) is 8.92. The van der Waals surface area contributed by atoms with E-state index in [9.17, 15) is 14.4 Å². The molecule has 1 saturated heterocycles. The van der Waals surface area contributed by atoms with E-state index in [0.717, 1.165) is 24.2 Å². The maximum atomic E-state index is 12.7. The molecule has 0 aromatic heterocycles. The lowest BCUT2D eigenvalue weighted by atomic mass is 9.91. The summed E-state index contributed by atoms with van der Waals surface area (Å²) in [5.41, 5.74) is 1.79. The average molecular weight is 370 g/mol. The minimum Gasteiger partial charge on any atom is -0.490 e. The van der Waals surface area contributed by atoms with Crippen LogP contribution in [0, 0.1) is 11.3 Å². The molecule has 4 rings (SSSR count). The summed E-state index contributed by atoms with van der Waals surface area (Å²) in [5, 5.41) is 2.33. The van der Waals surface area contributed by atoms with Crippen molar-refractivity contribution in [1.29, 1.82) is 0 Å². The predicted molar refractivity (Wildman–Crippen MR) is 99.1 cm³/mol. The molecule has 1 N–H and O–H groups in total. The summed E-state index contributed by atoms with van der Waals surface area (Å²) in [6.07, 6.45) is 2.99. The van der Waals surface area contributed by atoms with E-state index in [4.69, 9.17) is 4.74 Å². The lowest BCUT2D eigenvalue weighted by Gasteiger charge is -2.29. The molecular weight excluding hydrogens is 344 g/mol. The highest BCUT2D eigenvalue weighted by Gasteiger charge is 2.40. The first-order chi connectivity index (χ1) is 12.7. The zero-order chi connectivity index (χ0) is 19.3. The summed E-state index contributed by atoms with van der Waals surface area (Å²) in [4.78, 5) is 37.8. The van der Waals surface area contributed by atoms with Crippen LogP contribution in [0.4, 0.5) is 0 Å². The van der Waals surface area contributed by atoms with Crippen molar-refractivity contribution in [2.75, 3.05) is 0 Å². The van der Waals surface area contributed by atoms with Crippen molar-refractivity contribution >= 4 is 17.7 Å². The molecule has 0 spiro atoms. The number of nitrogens with zero attached hydrogens (tertiary/aromatic N) is 1. The van der Waals surface area contributed by atoms with E-state index in [1.807, 2.05) is 12.1 Å². The normalized spacial score (nSPS) is 29.7. The van der Waals surface area contributed by atoms with Crippen LogP contribution in [-0.4, -0.2) is 34.8 Å². The van der Waals surface area contributed by atoms with Crippen LogP contribution in [0.25, 0.3) is 0 Å². The van der Waals surface area contributed by atoms with Gasteiger partial charge in [-0.25, -0.2) is 0 Å². The zero-order valence-electron chi connectivity index (χ0n) is 16.1. The Balaban J connectivity index is 1.50. The summed E-state index contributed by atoms with van der Waals surface area (Å²) in [5.74, 6) is 0.466.